The summed E-state index contributed by atoms with van der Waals surface area (Å²) in [5.74, 6) is 0.883. The molecule has 6 aromatic carbocycles. The zero-order valence-electron chi connectivity index (χ0n) is 27.0. The number of fused-ring (bicyclic) bond motifs is 11. The van der Waals surface area contributed by atoms with Crippen LogP contribution in [0.3, 0.4) is 0 Å². The van der Waals surface area contributed by atoms with Gasteiger partial charge in [-0.25, -0.2) is 0 Å². The molecule has 0 nitrogen and oxygen atoms in total. The van der Waals surface area contributed by atoms with Crippen molar-refractivity contribution in [1.82, 2.24) is 0 Å². The standard InChI is InChI=1S/C48H32S/c1-3-7-41-29(5-1)9-15-37-23-39-21-31(11-13-33(39)25-45(37)41)35-17-19-43-44-20-18-36(28-48(44)49-47(43)27-35)32-12-14-34-26-46-38(24-40(34)22-32)16-10-30-6-2-4-8-42(30)46/h1-23,26-28,33,38H,24-25H2. The highest BCUT2D eigenvalue weighted by Crippen LogP contribution is 2.44. The van der Waals surface area contributed by atoms with Crippen LogP contribution in [0.15, 0.2) is 145 Å². The first-order valence-electron chi connectivity index (χ1n) is 17.4. The normalized spacial score (nSPS) is 18.7. The molecule has 0 amide bonds. The van der Waals surface area contributed by atoms with Crippen molar-refractivity contribution in [2.45, 2.75) is 12.8 Å². The molecule has 0 saturated heterocycles. The minimum Gasteiger partial charge on any atom is -0.135 e. The lowest BCUT2D eigenvalue weighted by Crippen LogP contribution is -2.13. The molecule has 0 saturated carbocycles. The van der Waals surface area contributed by atoms with Gasteiger partial charge in [0.1, 0.15) is 0 Å². The van der Waals surface area contributed by atoms with E-state index in [0.29, 0.717) is 11.8 Å². The highest BCUT2D eigenvalue weighted by atomic mass is 32.1. The van der Waals surface area contributed by atoms with E-state index >= 15 is 0 Å². The van der Waals surface area contributed by atoms with Crippen LogP contribution in [-0.4, -0.2) is 0 Å². The molecule has 0 bridgehead atoms. The predicted octanol–water partition coefficient (Wildman–Crippen LogP) is 12.8. The number of benzene rings is 6. The van der Waals surface area contributed by atoms with Gasteiger partial charge in [0, 0.05) is 32.0 Å². The van der Waals surface area contributed by atoms with Crippen molar-refractivity contribution < 1.29 is 0 Å². The minimum atomic E-state index is 0.436. The lowest BCUT2D eigenvalue weighted by atomic mass is 9.76. The number of allylic oxidation sites excluding steroid dienone is 7. The third-order valence-corrected chi connectivity index (χ3v) is 12.4. The number of hydrogen-bond donors (Lipinski definition) is 0. The molecular formula is C48H32S. The molecule has 0 aliphatic heterocycles. The van der Waals surface area contributed by atoms with Crippen molar-refractivity contribution in [3.63, 3.8) is 0 Å². The van der Waals surface area contributed by atoms with Gasteiger partial charge >= 0.3 is 0 Å². The van der Waals surface area contributed by atoms with Gasteiger partial charge in [-0.05, 0) is 103 Å². The fraction of sp³-hybridized carbons (Fsp3) is 0.0833. The first-order chi connectivity index (χ1) is 24.2. The van der Waals surface area contributed by atoms with Crippen molar-refractivity contribution in [2.24, 2.45) is 11.8 Å². The molecule has 1 aromatic heterocycles. The van der Waals surface area contributed by atoms with Gasteiger partial charge in [-0.1, -0.05) is 146 Å². The fourth-order valence-corrected chi connectivity index (χ4v) is 9.91. The molecule has 2 atom stereocenters. The van der Waals surface area contributed by atoms with Crippen LogP contribution in [0.4, 0.5) is 0 Å². The number of hydrogen-bond acceptors (Lipinski definition) is 1. The van der Waals surface area contributed by atoms with Gasteiger partial charge in [0.2, 0.25) is 0 Å². The predicted molar refractivity (Wildman–Crippen MR) is 212 cm³/mol. The fourth-order valence-electron chi connectivity index (χ4n) is 8.73. The van der Waals surface area contributed by atoms with Crippen LogP contribution >= 0.6 is 11.3 Å². The molecule has 49 heavy (non-hydrogen) atoms. The van der Waals surface area contributed by atoms with Gasteiger partial charge < -0.3 is 0 Å². The van der Waals surface area contributed by atoms with E-state index in [1.54, 1.807) is 0 Å². The highest BCUT2D eigenvalue weighted by Gasteiger charge is 2.26. The molecule has 0 fully saturated rings. The Balaban J connectivity index is 0.919. The molecular weight excluding hydrogens is 609 g/mol. The van der Waals surface area contributed by atoms with Crippen LogP contribution in [0, 0.1) is 11.8 Å². The molecule has 4 aliphatic rings. The first-order valence-corrected chi connectivity index (χ1v) is 18.2. The molecule has 0 spiro atoms. The Morgan fingerprint density at radius 2 is 1.27 bits per heavy atom. The molecule has 4 aliphatic carbocycles. The van der Waals surface area contributed by atoms with Crippen LogP contribution in [-0.2, 0) is 12.8 Å². The summed E-state index contributed by atoms with van der Waals surface area (Å²) in [7, 11) is 0. The Morgan fingerprint density at radius 3 is 2.20 bits per heavy atom. The summed E-state index contributed by atoms with van der Waals surface area (Å²) < 4.78 is 2.70. The lowest BCUT2D eigenvalue weighted by Gasteiger charge is -2.28. The van der Waals surface area contributed by atoms with E-state index in [0.717, 1.165) is 12.8 Å². The highest BCUT2D eigenvalue weighted by molar-refractivity contribution is 7.25. The second-order valence-electron chi connectivity index (χ2n) is 14.1. The smallest absolute Gasteiger partial charge is 0.0361 e. The molecule has 0 radical (unpaired) electrons. The Kier molecular flexibility index (Phi) is 5.88. The number of rotatable bonds is 2. The maximum absolute atomic E-state index is 2.43. The third kappa shape index (κ3) is 4.36. The summed E-state index contributed by atoms with van der Waals surface area (Å²) in [4.78, 5) is 0. The Morgan fingerprint density at radius 1 is 0.510 bits per heavy atom. The minimum absolute atomic E-state index is 0.436. The molecule has 230 valence electrons. The van der Waals surface area contributed by atoms with Crippen LogP contribution in [0.1, 0.15) is 38.9 Å². The summed E-state index contributed by atoms with van der Waals surface area (Å²) in [6.45, 7) is 0. The van der Waals surface area contributed by atoms with E-state index in [-0.39, 0.29) is 0 Å². The lowest BCUT2D eigenvalue weighted by molar-refractivity contribution is 0.765. The van der Waals surface area contributed by atoms with Gasteiger partial charge in [0.15, 0.2) is 0 Å². The molecule has 1 heterocycles. The molecule has 11 rings (SSSR count). The molecule has 0 N–H and O–H groups in total. The maximum atomic E-state index is 2.43. The summed E-state index contributed by atoms with van der Waals surface area (Å²) >= 11 is 1.92. The largest absolute Gasteiger partial charge is 0.135 e. The quantitative estimate of drug-likeness (QED) is 0.176. The van der Waals surface area contributed by atoms with Crippen molar-refractivity contribution >= 4 is 71.7 Å². The van der Waals surface area contributed by atoms with Gasteiger partial charge in [-0.15, -0.1) is 11.3 Å². The summed E-state index contributed by atoms with van der Waals surface area (Å²) in [5, 5.41) is 5.42. The zero-order valence-corrected chi connectivity index (χ0v) is 27.8. The van der Waals surface area contributed by atoms with Crippen molar-refractivity contribution in [1.29, 1.82) is 0 Å². The van der Waals surface area contributed by atoms with Crippen LogP contribution in [0.25, 0.3) is 71.4 Å². The van der Waals surface area contributed by atoms with Gasteiger partial charge in [-0.2, -0.15) is 0 Å². The average molecular weight is 641 g/mol. The molecule has 7 aromatic rings. The summed E-state index contributed by atoms with van der Waals surface area (Å²) in [6, 6.07) is 43.3. The van der Waals surface area contributed by atoms with E-state index in [2.05, 4.69) is 158 Å². The van der Waals surface area contributed by atoms with Crippen molar-refractivity contribution in [2.75, 3.05) is 0 Å². The maximum Gasteiger partial charge on any atom is 0.0361 e. The summed E-state index contributed by atoms with van der Waals surface area (Å²) in [5.41, 5.74) is 16.4. The Bertz CT molecular complexity index is 2720. The molecule has 1 heteroatoms. The topological polar surface area (TPSA) is 0 Å². The van der Waals surface area contributed by atoms with Gasteiger partial charge in [-0.3, -0.25) is 0 Å². The van der Waals surface area contributed by atoms with Crippen molar-refractivity contribution in [3.05, 3.63) is 184 Å². The van der Waals surface area contributed by atoms with Crippen LogP contribution < -0.4 is 0 Å². The van der Waals surface area contributed by atoms with Gasteiger partial charge in [0.25, 0.3) is 0 Å². The van der Waals surface area contributed by atoms with Crippen molar-refractivity contribution in [3.8, 4) is 11.1 Å². The van der Waals surface area contributed by atoms with Crippen LogP contribution in [0.2, 0.25) is 0 Å². The van der Waals surface area contributed by atoms with E-state index in [9.17, 15) is 0 Å². The van der Waals surface area contributed by atoms with E-state index in [1.807, 2.05) is 11.3 Å². The monoisotopic (exact) mass is 640 g/mol. The number of thiophene rings is 1. The van der Waals surface area contributed by atoms with E-state index in [1.165, 1.54) is 97.7 Å². The summed E-state index contributed by atoms with van der Waals surface area (Å²) in [6.07, 6.45) is 18.8. The SMILES string of the molecule is C1=CC2Cc3c(ccc4ccccc34)C=C2C=C1c1ccc2c(c1)sc1cc(-c3ccc4c(c3)CC3C=Cc5ccccc5C3=C4)ccc12. The van der Waals surface area contributed by atoms with Gasteiger partial charge in [0.05, 0.1) is 0 Å². The zero-order chi connectivity index (χ0) is 32.1. The molecule has 2 unspecified atom stereocenters. The first kappa shape index (κ1) is 27.5. The Labute approximate surface area is 290 Å². The third-order valence-electron chi connectivity index (χ3n) is 11.3. The van der Waals surface area contributed by atoms with E-state index < -0.39 is 0 Å². The van der Waals surface area contributed by atoms with E-state index in [4.69, 9.17) is 0 Å². The second kappa shape index (κ2) is 10.5. The van der Waals surface area contributed by atoms with Crippen LogP contribution in [0.5, 0.6) is 0 Å². The second-order valence-corrected chi connectivity index (χ2v) is 15.1. The Hall–Kier alpha value is -5.50. The average Bonchev–Trinajstić information content (AvgIpc) is 3.53.